The fourth-order valence-corrected chi connectivity index (χ4v) is 2.03. The summed E-state index contributed by atoms with van der Waals surface area (Å²) in [5.41, 5.74) is 2.00. The van der Waals surface area contributed by atoms with E-state index in [1.807, 2.05) is 45.0 Å². The molecule has 0 spiro atoms. The Morgan fingerprint density at radius 2 is 1.84 bits per heavy atom. The first-order chi connectivity index (χ1) is 8.91. The summed E-state index contributed by atoms with van der Waals surface area (Å²) in [5, 5.41) is 22.2. The zero-order chi connectivity index (χ0) is 14.4. The monoisotopic (exact) mass is 265 g/mol. The Bertz CT molecular complexity index is 400. The van der Waals surface area contributed by atoms with E-state index in [0.29, 0.717) is 6.54 Å². The van der Waals surface area contributed by atoms with Crippen LogP contribution in [-0.4, -0.2) is 28.8 Å². The number of carboxylic acid groups (broad SMARTS) is 1. The summed E-state index contributed by atoms with van der Waals surface area (Å²) in [5.74, 6) is -0.620. The molecule has 1 aromatic rings. The second kappa shape index (κ2) is 7.26. The smallest absolute Gasteiger partial charge is 0.304 e. The molecule has 0 aromatic heterocycles. The van der Waals surface area contributed by atoms with Crippen molar-refractivity contribution in [2.75, 3.05) is 6.54 Å². The van der Waals surface area contributed by atoms with E-state index >= 15 is 0 Å². The quantitative estimate of drug-likeness (QED) is 0.706. The third-order valence-corrected chi connectivity index (χ3v) is 3.20. The molecule has 4 heteroatoms. The number of carboxylic acids is 1. The molecule has 2 atom stereocenters. The summed E-state index contributed by atoms with van der Waals surface area (Å²) in [6.07, 6.45) is -0.571. The van der Waals surface area contributed by atoms with E-state index in [4.69, 9.17) is 5.11 Å². The van der Waals surface area contributed by atoms with Gasteiger partial charge in [-0.2, -0.15) is 0 Å². The van der Waals surface area contributed by atoms with Crippen LogP contribution in [0, 0.1) is 12.8 Å². The fraction of sp³-hybridized carbons (Fsp3) is 0.533. The molecule has 0 aliphatic rings. The summed E-state index contributed by atoms with van der Waals surface area (Å²) in [6, 6.07) is 7.60. The topological polar surface area (TPSA) is 69.6 Å². The summed E-state index contributed by atoms with van der Waals surface area (Å²) in [7, 11) is 0. The molecule has 3 N–H and O–H groups in total. The van der Waals surface area contributed by atoms with E-state index in [9.17, 15) is 9.90 Å². The molecule has 1 rings (SSSR count). The van der Waals surface area contributed by atoms with Crippen molar-refractivity contribution in [3.63, 3.8) is 0 Å². The van der Waals surface area contributed by atoms with Crippen molar-refractivity contribution in [3.05, 3.63) is 35.4 Å². The van der Waals surface area contributed by atoms with Crippen LogP contribution < -0.4 is 5.32 Å². The van der Waals surface area contributed by atoms with Crippen molar-refractivity contribution in [1.82, 2.24) is 5.32 Å². The predicted molar refractivity (Wildman–Crippen MR) is 75.0 cm³/mol. The lowest BCUT2D eigenvalue weighted by Crippen LogP contribution is -2.40. The van der Waals surface area contributed by atoms with Crippen LogP contribution in [0.15, 0.2) is 24.3 Å². The van der Waals surface area contributed by atoms with Gasteiger partial charge in [0.2, 0.25) is 0 Å². The number of aliphatic hydroxyl groups is 1. The van der Waals surface area contributed by atoms with Crippen LogP contribution in [0.1, 0.15) is 37.5 Å². The lowest BCUT2D eigenvalue weighted by Gasteiger charge is -2.28. The first-order valence-corrected chi connectivity index (χ1v) is 6.61. The summed E-state index contributed by atoms with van der Waals surface area (Å²) in [6.45, 7) is 6.38. The minimum atomic E-state index is -0.833. The van der Waals surface area contributed by atoms with Gasteiger partial charge in [0.25, 0.3) is 0 Å². The highest BCUT2D eigenvalue weighted by Crippen LogP contribution is 2.22. The molecule has 0 heterocycles. The lowest BCUT2D eigenvalue weighted by molar-refractivity contribution is -0.136. The van der Waals surface area contributed by atoms with Crippen LogP contribution >= 0.6 is 0 Å². The van der Waals surface area contributed by atoms with Gasteiger partial charge in [0.15, 0.2) is 0 Å². The molecule has 0 aliphatic carbocycles. The van der Waals surface area contributed by atoms with Gasteiger partial charge in [0.1, 0.15) is 0 Å². The molecule has 0 amide bonds. The highest BCUT2D eigenvalue weighted by molar-refractivity contribution is 5.66. The Kier molecular flexibility index (Phi) is 5.99. The number of rotatable bonds is 7. The Hall–Kier alpha value is -1.39. The minimum Gasteiger partial charge on any atom is -0.481 e. The molecule has 0 fully saturated rings. The number of aryl methyl sites for hydroxylation is 1. The van der Waals surface area contributed by atoms with Gasteiger partial charge in [-0.25, -0.2) is 0 Å². The Morgan fingerprint density at radius 3 is 2.32 bits per heavy atom. The molecule has 0 bridgehead atoms. The molecular weight excluding hydrogens is 242 g/mol. The maximum Gasteiger partial charge on any atom is 0.304 e. The van der Waals surface area contributed by atoms with E-state index in [-0.39, 0.29) is 18.4 Å². The van der Waals surface area contributed by atoms with Gasteiger partial charge in [-0.15, -0.1) is 0 Å². The van der Waals surface area contributed by atoms with Gasteiger partial charge in [-0.05, 0) is 18.4 Å². The first-order valence-electron chi connectivity index (χ1n) is 6.61. The van der Waals surface area contributed by atoms with Gasteiger partial charge >= 0.3 is 5.97 Å². The zero-order valence-corrected chi connectivity index (χ0v) is 11.8. The Morgan fingerprint density at radius 1 is 1.26 bits per heavy atom. The molecule has 106 valence electrons. The number of benzene rings is 1. The predicted octanol–water partition coefficient (Wildman–Crippen LogP) is 2.12. The number of hydrogen-bond acceptors (Lipinski definition) is 3. The summed E-state index contributed by atoms with van der Waals surface area (Å²) < 4.78 is 0. The zero-order valence-electron chi connectivity index (χ0n) is 11.8. The van der Waals surface area contributed by atoms with Gasteiger partial charge < -0.3 is 15.5 Å². The molecule has 19 heavy (non-hydrogen) atoms. The van der Waals surface area contributed by atoms with E-state index in [1.165, 1.54) is 0 Å². The minimum absolute atomic E-state index is 0.0594. The number of aliphatic hydroxyl groups excluding tert-OH is 1. The van der Waals surface area contributed by atoms with Crippen molar-refractivity contribution in [2.24, 2.45) is 5.92 Å². The third-order valence-electron chi connectivity index (χ3n) is 3.20. The van der Waals surface area contributed by atoms with E-state index in [2.05, 4.69) is 5.32 Å². The second-order valence-electron chi connectivity index (χ2n) is 5.22. The number of hydrogen-bond donors (Lipinski definition) is 3. The number of carbonyl (C=O) groups is 1. The van der Waals surface area contributed by atoms with Crippen molar-refractivity contribution < 1.29 is 15.0 Å². The average Bonchev–Trinajstić information content (AvgIpc) is 2.34. The van der Waals surface area contributed by atoms with Gasteiger partial charge in [0, 0.05) is 12.6 Å². The molecule has 0 aliphatic heterocycles. The van der Waals surface area contributed by atoms with Crippen LogP contribution in [-0.2, 0) is 4.79 Å². The molecule has 4 nitrogen and oxygen atoms in total. The maximum absolute atomic E-state index is 10.5. The second-order valence-corrected chi connectivity index (χ2v) is 5.22. The third kappa shape index (κ3) is 5.01. The average molecular weight is 265 g/mol. The molecule has 0 radical (unpaired) electrons. The molecule has 1 aromatic carbocycles. The van der Waals surface area contributed by atoms with Crippen LogP contribution in [0.2, 0.25) is 0 Å². The standard InChI is InChI=1S/C15H23NO3/c1-10(2)14(16-9-8-13(17)18)15(19)12-6-4-11(3)5-7-12/h4-7,10,14-16,19H,8-9H2,1-3H3,(H,17,18). The summed E-state index contributed by atoms with van der Waals surface area (Å²) >= 11 is 0. The van der Waals surface area contributed by atoms with Crippen molar-refractivity contribution >= 4 is 5.97 Å². The van der Waals surface area contributed by atoms with Crippen LogP contribution in [0.4, 0.5) is 0 Å². The van der Waals surface area contributed by atoms with Crippen LogP contribution in [0.25, 0.3) is 0 Å². The van der Waals surface area contributed by atoms with Crippen LogP contribution in [0.5, 0.6) is 0 Å². The first kappa shape index (κ1) is 15.7. The highest BCUT2D eigenvalue weighted by Gasteiger charge is 2.23. The van der Waals surface area contributed by atoms with E-state index < -0.39 is 12.1 Å². The normalized spacial score (nSPS) is 14.4. The fourth-order valence-electron chi connectivity index (χ4n) is 2.03. The molecule has 2 unspecified atom stereocenters. The summed E-state index contributed by atoms with van der Waals surface area (Å²) in [4.78, 5) is 10.5. The maximum atomic E-state index is 10.5. The van der Waals surface area contributed by atoms with E-state index in [1.54, 1.807) is 0 Å². The SMILES string of the molecule is Cc1ccc(C(O)C(NCCC(=O)O)C(C)C)cc1. The lowest BCUT2D eigenvalue weighted by atomic mass is 9.93. The number of aliphatic carboxylic acids is 1. The van der Waals surface area contributed by atoms with E-state index in [0.717, 1.165) is 11.1 Å². The molecule has 0 saturated heterocycles. The van der Waals surface area contributed by atoms with Crippen molar-refractivity contribution in [2.45, 2.75) is 39.3 Å². The van der Waals surface area contributed by atoms with Gasteiger partial charge in [-0.3, -0.25) is 4.79 Å². The largest absolute Gasteiger partial charge is 0.481 e. The number of nitrogens with one attached hydrogen (secondary N) is 1. The van der Waals surface area contributed by atoms with Gasteiger partial charge in [-0.1, -0.05) is 43.7 Å². The van der Waals surface area contributed by atoms with Crippen LogP contribution in [0.3, 0.4) is 0 Å². The highest BCUT2D eigenvalue weighted by atomic mass is 16.4. The van der Waals surface area contributed by atoms with Crippen molar-refractivity contribution in [1.29, 1.82) is 0 Å². The molecular formula is C15H23NO3. The van der Waals surface area contributed by atoms with Gasteiger partial charge in [0.05, 0.1) is 12.5 Å². The Balaban J connectivity index is 2.69. The Labute approximate surface area is 114 Å². The van der Waals surface area contributed by atoms with Crippen molar-refractivity contribution in [3.8, 4) is 0 Å². The molecule has 0 saturated carbocycles.